The van der Waals surface area contributed by atoms with Crippen LogP contribution in [0.15, 0.2) is 24.3 Å². The molecule has 0 saturated carbocycles. The maximum Gasteiger partial charge on any atom is 0.318 e. The molecular formula is C19H24N4O4. The van der Waals surface area contributed by atoms with Crippen molar-refractivity contribution >= 4 is 23.8 Å². The first-order chi connectivity index (χ1) is 12.6. The molecule has 2 heterocycles. The van der Waals surface area contributed by atoms with Gasteiger partial charge in [0, 0.05) is 13.1 Å². The van der Waals surface area contributed by atoms with Gasteiger partial charge in [0.15, 0.2) is 0 Å². The van der Waals surface area contributed by atoms with Crippen molar-refractivity contribution in [3.05, 3.63) is 35.4 Å². The van der Waals surface area contributed by atoms with E-state index in [2.05, 4.69) is 5.32 Å². The molecule has 0 aliphatic carbocycles. The highest BCUT2D eigenvalue weighted by atomic mass is 16.2. The molecule has 0 radical (unpaired) electrons. The molecule has 2 aliphatic heterocycles. The lowest BCUT2D eigenvalue weighted by molar-refractivity contribution is -0.141. The summed E-state index contributed by atoms with van der Waals surface area (Å²) in [5.41, 5.74) is 7.29. The fourth-order valence-electron chi connectivity index (χ4n) is 4.06. The van der Waals surface area contributed by atoms with E-state index in [1.165, 1.54) is 11.9 Å². The van der Waals surface area contributed by atoms with Gasteiger partial charge in [-0.05, 0) is 26.3 Å². The van der Waals surface area contributed by atoms with Crippen LogP contribution in [0.2, 0.25) is 0 Å². The number of carbonyl (C=O) groups excluding carboxylic acids is 4. The Morgan fingerprint density at radius 2 is 1.63 bits per heavy atom. The van der Waals surface area contributed by atoms with Crippen molar-refractivity contribution < 1.29 is 19.2 Å². The number of urea groups is 1. The minimum atomic E-state index is -1.18. The Labute approximate surface area is 157 Å². The Kier molecular flexibility index (Phi) is 4.67. The largest absolute Gasteiger partial charge is 0.368 e. The van der Waals surface area contributed by atoms with Crippen LogP contribution in [0.3, 0.4) is 0 Å². The summed E-state index contributed by atoms with van der Waals surface area (Å²) in [6.07, 6.45) is 0. The number of benzene rings is 1. The van der Waals surface area contributed by atoms with Crippen molar-refractivity contribution in [1.82, 2.24) is 15.1 Å². The van der Waals surface area contributed by atoms with Crippen LogP contribution in [0.1, 0.15) is 31.0 Å². The second-order valence-corrected chi connectivity index (χ2v) is 7.50. The third-order valence-corrected chi connectivity index (χ3v) is 5.26. The number of nitrogens with two attached hydrogens (primary N) is 1. The summed E-state index contributed by atoms with van der Waals surface area (Å²) in [5, 5.41) is 2.75. The van der Waals surface area contributed by atoms with E-state index < -0.39 is 47.7 Å². The van der Waals surface area contributed by atoms with Crippen LogP contribution in [-0.4, -0.2) is 52.7 Å². The molecule has 2 fully saturated rings. The van der Waals surface area contributed by atoms with E-state index in [-0.39, 0.29) is 6.04 Å². The molecule has 144 valence electrons. The molecule has 2 aliphatic rings. The molecule has 8 heteroatoms. The Morgan fingerprint density at radius 1 is 1.07 bits per heavy atom. The number of nitrogens with zero attached hydrogens (tertiary/aromatic N) is 2. The molecule has 0 aromatic heterocycles. The van der Waals surface area contributed by atoms with Gasteiger partial charge >= 0.3 is 6.03 Å². The molecule has 27 heavy (non-hydrogen) atoms. The summed E-state index contributed by atoms with van der Waals surface area (Å²) in [5.74, 6) is -3.48. The Hall–Kier alpha value is -2.90. The number of fused-ring (bicyclic) bond motifs is 1. The van der Waals surface area contributed by atoms with Crippen LogP contribution in [0, 0.1) is 18.8 Å². The summed E-state index contributed by atoms with van der Waals surface area (Å²) in [6, 6.07) is 4.74. The quantitative estimate of drug-likeness (QED) is 0.755. The van der Waals surface area contributed by atoms with Crippen LogP contribution < -0.4 is 11.1 Å². The van der Waals surface area contributed by atoms with E-state index in [9.17, 15) is 19.2 Å². The first kappa shape index (κ1) is 18.9. The van der Waals surface area contributed by atoms with Crippen LogP contribution in [0.25, 0.3) is 0 Å². The van der Waals surface area contributed by atoms with Crippen LogP contribution >= 0.6 is 0 Å². The predicted molar refractivity (Wildman–Crippen MR) is 97.2 cm³/mol. The van der Waals surface area contributed by atoms with Crippen molar-refractivity contribution in [1.29, 1.82) is 0 Å². The first-order valence-electron chi connectivity index (χ1n) is 8.91. The minimum absolute atomic E-state index is 0.181. The van der Waals surface area contributed by atoms with E-state index in [0.29, 0.717) is 5.56 Å². The lowest BCUT2D eigenvalue weighted by atomic mass is 9.86. The average Bonchev–Trinajstić information content (AvgIpc) is 3.05. The summed E-state index contributed by atoms with van der Waals surface area (Å²) in [6.45, 7) is 5.51. The van der Waals surface area contributed by atoms with Crippen molar-refractivity contribution in [2.75, 3.05) is 7.05 Å². The number of likely N-dealkylation sites (tertiary alicyclic amines) is 2. The molecule has 3 rings (SSSR count). The van der Waals surface area contributed by atoms with Gasteiger partial charge in [-0.25, -0.2) is 4.79 Å². The zero-order valence-corrected chi connectivity index (χ0v) is 15.8. The third-order valence-electron chi connectivity index (χ3n) is 5.26. The third kappa shape index (κ3) is 2.94. The fraction of sp³-hybridized carbons (Fsp3) is 0.474. The Balaban J connectivity index is 2.16. The van der Waals surface area contributed by atoms with Crippen molar-refractivity contribution in [3.8, 4) is 0 Å². The zero-order valence-electron chi connectivity index (χ0n) is 15.8. The molecule has 1 aromatic rings. The molecule has 0 spiro atoms. The lowest BCUT2D eigenvalue weighted by Crippen LogP contribution is -2.54. The number of aryl methyl sites for hydroxylation is 1. The number of nitrogens with one attached hydrogen (secondary N) is 1. The number of hydrogen-bond acceptors (Lipinski definition) is 4. The van der Waals surface area contributed by atoms with Crippen molar-refractivity contribution in [2.45, 2.75) is 38.9 Å². The monoisotopic (exact) mass is 372 g/mol. The maximum atomic E-state index is 12.9. The van der Waals surface area contributed by atoms with E-state index in [0.717, 1.165) is 10.5 Å². The van der Waals surface area contributed by atoms with Gasteiger partial charge in [-0.3, -0.25) is 19.3 Å². The second-order valence-electron chi connectivity index (χ2n) is 7.50. The number of imide groups is 1. The number of rotatable bonds is 3. The van der Waals surface area contributed by atoms with Crippen LogP contribution in [0.5, 0.6) is 0 Å². The molecule has 4 unspecified atom stereocenters. The highest BCUT2D eigenvalue weighted by molar-refractivity contribution is 6.09. The number of carbonyl (C=O) groups is 4. The number of amides is 5. The van der Waals surface area contributed by atoms with Crippen LogP contribution in [0.4, 0.5) is 4.79 Å². The number of primary amides is 1. The first-order valence-corrected chi connectivity index (χ1v) is 8.91. The summed E-state index contributed by atoms with van der Waals surface area (Å²) < 4.78 is 0. The molecule has 1 aromatic carbocycles. The van der Waals surface area contributed by atoms with Crippen molar-refractivity contribution in [2.24, 2.45) is 17.6 Å². The van der Waals surface area contributed by atoms with E-state index in [1.54, 1.807) is 13.8 Å². The van der Waals surface area contributed by atoms with Gasteiger partial charge in [0.2, 0.25) is 17.7 Å². The van der Waals surface area contributed by atoms with E-state index in [1.807, 2.05) is 31.2 Å². The van der Waals surface area contributed by atoms with E-state index >= 15 is 0 Å². The summed E-state index contributed by atoms with van der Waals surface area (Å²) in [4.78, 5) is 53.0. The van der Waals surface area contributed by atoms with Gasteiger partial charge in [-0.15, -0.1) is 0 Å². The highest BCUT2D eigenvalue weighted by Crippen LogP contribution is 2.49. The zero-order chi connectivity index (χ0) is 20.0. The molecule has 4 atom stereocenters. The summed E-state index contributed by atoms with van der Waals surface area (Å²) in [7, 11) is 1.39. The lowest BCUT2D eigenvalue weighted by Gasteiger charge is -2.32. The standard InChI is InChI=1S/C19H24N4O4/c1-9(2)21-19(27)23-14(11-7-5-10(3)6-8-11)12-13(15(23)16(20)24)18(26)22(4)17(12)25/h5-9,12-15H,1-4H3,(H2,20,24)(H,21,27). The molecule has 0 bridgehead atoms. The number of hydrogen-bond donors (Lipinski definition) is 2. The second kappa shape index (κ2) is 6.68. The normalized spacial score (nSPS) is 27.3. The SMILES string of the molecule is Cc1ccc(C2C3C(=O)N(C)C(=O)C3C(C(N)=O)N2C(=O)NC(C)C)cc1. The predicted octanol–water partition coefficient (Wildman–Crippen LogP) is 0.555. The fourth-order valence-corrected chi connectivity index (χ4v) is 4.06. The molecule has 3 N–H and O–H groups in total. The molecular weight excluding hydrogens is 348 g/mol. The average molecular weight is 372 g/mol. The van der Waals surface area contributed by atoms with Gasteiger partial charge in [-0.2, -0.15) is 0 Å². The molecule has 8 nitrogen and oxygen atoms in total. The molecule has 5 amide bonds. The van der Waals surface area contributed by atoms with Gasteiger partial charge in [0.05, 0.1) is 17.9 Å². The summed E-state index contributed by atoms with van der Waals surface area (Å²) >= 11 is 0. The minimum Gasteiger partial charge on any atom is -0.368 e. The molecule has 2 saturated heterocycles. The Morgan fingerprint density at radius 3 is 2.15 bits per heavy atom. The van der Waals surface area contributed by atoms with Gasteiger partial charge in [-0.1, -0.05) is 29.8 Å². The van der Waals surface area contributed by atoms with E-state index in [4.69, 9.17) is 5.73 Å². The highest BCUT2D eigenvalue weighted by Gasteiger charge is 2.64. The van der Waals surface area contributed by atoms with Gasteiger partial charge in [0.25, 0.3) is 0 Å². The Bertz CT molecular complexity index is 804. The van der Waals surface area contributed by atoms with Gasteiger partial charge < -0.3 is 16.0 Å². The smallest absolute Gasteiger partial charge is 0.318 e. The maximum absolute atomic E-state index is 12.9. The van der Waals surface area contributed by atoms with Crippen molar-refractivity contribution in [3.63, 3.8) is 0 Å². The topological polar surface area (TPSA) is 113 Å². The van der Waals surface area contributed by atoms with Crippen LogP contribution in [-0.2, 0) is 14.4 Å². The van der Waals surface area contributed by atoms with Gasteiger partial charge in [0.1, 0.15) is 6.04 Å².